The van der Waals surface area contributed by atoms with Crippen LogP contribution in [0.4, 0.5) is 23.0 Å². The lowest BCUT2D eigenvalue weighted by Gasteiger charge is -2.36. The normalized spacial score (nSPS) is 15.7. The van der Waals surface area contributed by atoms with Gasteiger partial charge in [-0.15, -0.1) is 0 Å². The van der Waals surface area contributed by atoms with E-state index in [0.29, 0.717) is 11.9 Å². The van der Waals surface area contributed by atoms with E-state index < -0.39 is 0 Å². The van der Waals surface area contributed by atoms with E-state index in [1.54, 1.807) is 6.20 Å². The van der Waals surface area contributed by atoms with Gasteiger partial charge in [0.2, 0.25) is 17.8 Å². The van der Waals surface area contributed by atoms with Crippen molar-refractivity contribution in [2.45, 2.75) is 19.8 Å². The summed E-state index contributed by atoms with van der Waals surface area (Å²) in [6, 6.07) is 17.6. The number of carbonyl (C=O) groups is 2. The van der Waals surface area contributed by atoms with Gasteiger partial charge in [0.15, 0.2) is 0 Å². The Bertz CT molecular complexity index is 1180. The fraction of sp³-hybridized carbons (Fsp3) is 0.308. The predicted molar refractivity (Wildman–Crippen MR) is 133 cm³/mol. The molecule has 3 aromatic rings. The molecule has 0 spiro atoms. The topological polar surface area (TPSA) is 90.5 Å². The Morgan fingerprint density at radius 2 is 1.71 bits per heavy atom. The molecule has 8 nitrogen and oxygen atoms in total. The highest BCUT2D eigenvalue weighted by Crippen LogP contribution is 2.32. The van der Waals surface area contributed by atoms with Gasteiger partial charge in [0, 0.05) is 67.8 Å². The van der Waals surface area contributed by atoms with E-state index in [1.165, 1.54) is 6.92 Å². The van der Waals surface area contributed by atoms with Crippen molar-refractivity contribution in [1.29, 1.82) is 0 Å². The molecular formula is C26H28N6O2. The lowest BCUT2D eigenvalue weighted by atomic mass is 10.1. The van der Waals surface area contributed by atoms with Crippen LogP contribution in [0.1, 0.15) is 19.8 Å². The molecule has 34 heavy (non-hydrogen) atoms. The summed E-state index contributed by atoms with van der Waals surface area (Å²) in [4.78, 5) is 36.9. The molecule has 8 heteroatoms. The molecule has 0 radical (unpaired) electrons. The number of anilines is 4. The van der Waals surface area contributed by atoms with Crippen molar-refractivity contribution in [1.82, 2.24) is 14.9 Å². The summed E-state index contributed by atoms with van der Waals surface area (Å²) in [6.45, 7) is 4.71. The summed E-state index contributed by atoms with van der Waals surface area (Å²) >= 11 is 0. The van der Waals surface area contributed by atoms with Crippen molar-refractivity contribution < 1.29 is 9.59 Å². The molecule has 1 aliphatic heterocycles. The molecule has 1 aromatic heterocycles. The lowest BCUT2D eigenvalue weighted by molar-refractivity contribution is -0.132. The van der Waals surface area contributed by atoms with Crippen LogP contribution in [-0.2, 0) is 9.59 Å². The zero-order valence-electron chi connectivity index (χ0n) is 19.2. The van der Waals surface area contributed by atoms with Gasteiger partial charge in [0.25, 0.3) is 0 Å². The number of aromatic nitrogens is 2. The molecule has 2 heterocycles. The number of carbonyl (C=O) groups excluding carboxylic acids is 2. The van der Waals surface area contributed by atoms with E-state index in [2.05, 4.69) is 37.6 Å². The average Bonchev–Trinajstić information content (AvgIpc) is 3.70. The minimum absolute atomic E-state index is 0.0999. The molecule has 2 aromatic carbocycles. The van der Waals surface area contributed by atoms with Gasteiger partial charge in [-0.05, 0) is 49.2 Å². The van der Waals surface area contributed by atoms with Crippen LogP contribution >= 0.6 is 0 Å². The average molecular weight is 457 g/mol. The van der Waals surface area contributed by atoms with Crippen molar-refractivity contribution in [2.24, 2.45) is 5.92 Å². The Balaban J connectivity index is 1.24. The van der Waals surface area contributed by atoms with E-state index in [1.807, 2.05) is 47.4 Å². The fourth-order valence-corrected chi connectivity index (χ4v) is 4.19. The highest BCUT2D eigenvalue weighted by molar-refractivity contribution is 5.89. The van der Waals surface area contributed by atoms with Gasteiger partial charge in [-0.25, -0.2) is 9.97 Å². The standard InChI is InChI=1S/C26H28N6O2/c1-18(33)28-21-9-7-19(8-10-21)24-11-12-27-26(30-24)29-22-3-2-4-23(17-22)31-13-15-32(16-14-31)25(34)20-5-6-20/h2-4,7-12,17,20H,5-6,13-16H2,1H3,(H,28,33)(H,27,29,30). The highest BCUT2D eigenvalue weighted by Gasteiger charge is 2.34. The largest absolute Gasteiger partial charge is 0.368 e. The number of hydrogen-bond donors (Lipinski definition) is 2. The second-order valence-electron chi connectivity index (χ2n) is 8.79. The first-order valence-electron chi connectivity index (χ1n) is 11.7. The number of hydrogen-bond acceptors (Lipinski definition) is 6. The summed E-state index contributed by atoms with van der Waals surface area (Å²) in [5, 5.41) is 6.08. The molecule has 2 N–H and O–H groups in total. The van der Waals surface area contributed by atoms with Crippen LogP contribution in [0.15, 0.2) is 60.8 Å². The predicted octanol–water partition coefficient (Wildman–Crippen LogP) is 3.90. The van der Waals surface area contributed by atoms with Crippen LogP contribution < -0.4 is 15.5 Å². The second kappa shape index (κ2) is 9.51. The molecule has 0 atom stereocenters. The Labute approximate surface area is 199 Å². The molecule has 1 saturated carbocycles. The van der Waals surface area contributed by atoms with E-state index in [4.69, 9.17) is 0 Å². The Hall–Kier alpha value is -3.94. The maximum Gasteiger partial charge on any atom is 0.227 e. The van der Waals surface area contributed by atoms with Crippen molar-refractivity contribution in [2.75, 3.05) is 41.7 Å². The third-order valence-corrected chi connectivity index (χ3v) is 6.14. The first kappa shape index (κ1) is 21.9. The maximum absolute atomic E-state index is 12.3. The molecule has 1 saturated heterocycles. The zero-order valence-corrected chi connectivity index (χ0v) is 19.2. The van der Waals surface area contributed by atoms with E-state index >= 15 is 0 Å². The zero-order chi connectivity index (χ0) is 23.5. The van der Waals surface area contributed by atoms with Crippen molar-refractivity contribution in [3.8, 4) is 11.3 Å². The minimum Gasteiger partial charge on any atom is -0.368 e. The summed E-state index contributed by atoms with van der Waals surface area (Å²) < 4.78 is 0. The van der Waals surface area contributed by atoms with Gasteiger partial charge in [0.05, 0.1) is 5.69 Å². The Morgan fingerprint density at radius 3 is 2.41 bits per heavy atom. The molecule has 0 unspecified atom stereocenters. The first-order chi connectivity index (χ1) is 16.5. The minimum atomic E-state index is -0.0999. The summed E-state index contributed by atoms with van der Waals surface area (Å²) in [5.74, 6) is 1.03. The molecule has 0 bridgehead atoms. The Morgan fingerprint density at radius 1 is 0.941 bits per heavy atom. The van der Waals surface area contributed by atoms with Crippen molar-refractivity contribution in [3.05, 3.63) is 60.8 Å². The number of rotatable bonds is 6. The monoisotopic (exact) mass is 456 g/mol. The first-order valence-corrected chi connectivity index (χ1v) is 11.7. The van der Waals surface area contributed by atoms with Gasteiger partial charge in [-0.2, -0.15) is 0 Å². The van der Waals surface area contributed by atoms with Crippen molar-refractivity contribution >= 4 is 34.8 Å². The van der Waals surface area contributed by atoms with Gasteiger partial charge in [-0.3, -0.25) is 9.59 Å². The number of amides is 2. The molecule has 2 fully saturated rings. The molecular weight excluding hydrogens is 428 g/mol. The molecule has 1 aliphatic carbocycles. The molecule has 5 rings (SSSR count). The highest BCUT2D eigenvalue weighted by atomic mass is 16.2. The van der Waals surface area contributed by atoms with Gasteiger partial charge in [0.1, 0.15) is 0 Å². The van der Waals surface area contributed by atoms with Crippen LogP contribution in [0.25, 0.3) is 11.3 Å². The van der Waals surface area contributed by atoms with E-state index in [0.717, 1.165) is 67.3 Å². The summed E-state index contributed by atoms with van der Waals surface area (Å²) in [6.07, 6.45) is 3.84. The molecule has 174 valence electrons. The summed E-state index contributed by atoms with van der Waals surface area (Å²) in [7, 11) is 0. The van der Waals surface area contributed by atoms with Gasteiger partial charge >= 0.3 is 0 Å². The molecule has 2 aliphatic rings. The number of benzene rings is 2. The Kier molecular flexibility index (Phi) is 6.12. The SMILES string of the molecule is CC(=O)Nc1ccc(-c2ccnc(Nc3cccc(N4CCN(C(=O)C5CC5)CC4)c3)n2)cc1. The van der Waals surface area contributed by atoms with Crippen LogP contribution in [0.5, 0.6) is 0 Å². The maximum atomic E-state index is 12.3. The van der Waals surface area contributed by atoms with E-state index in [9.17, 15) is 9.59 Å². The van der Waals surface area contributed by atoms with Crippen LogP contribution in [0.2, 0.25) is 0 Å². The smallest absolute Gasteiger partial charge is 0.227 e. The number of piperazine rings is 1. The lowest BCUT2D eigenvalue weighted by Crippen LogP contribution is -2.49. The van der Waals surface area contributed by atoms with Crippen LogP contribution in [0.3, 0.4) is 0 Å². The number of nitrogens with one attached hydrogen (secondary N) is 2. The summed E-state index contributed by atoms with van der Waals surface area (Å²) in [5.41, 5.74) is 4.50. The van der Waals surface area contributed by atoms with Gasteiger partial charge < -0.3 is 20.4 Å². The third kappa shape index (κ3) is 5.17. The van der Waals surface area contributed by atoms with Crippen LogP contribution in [0, 0.1) is 5.92 Å². The van der Waals surface area contributed by atoms with E-state index in [-0.39, 0.29) is 11.8 Å². The quantitative estimate of drug-likeness (QED) is 0.585. The van der Waals surface area contributed by atoms with Crippen molar-refractivity contribution in [3.63, 3.8) is 0 Å². The van der Waals surface area contributed by atoms with Crippen LogP contribution in [-0.4, -0.2) is 52.9 Å². The third-order valence-electron chi connectivity index (χ3n) is 6.14. The van der Waals surface area contributed by atoms with Gasteiger partial charge in [-0.1, -0.05) is 18.2 Å². The fourth-order valence-electron chi connectivity index (χ4n) is 4.19. The second-order valence-corrected chi connectivity index (χ2v) is 8.79. The molecule has 2 amide bonds. The number of nitrogens with zero attached hydrogens (tertiary/aromatic N) is 4.